The maximum absolute atomic E-state index is 12.4. The number of fused-ring (bicyclic) bond motifs is 1. The van der Waals surface area contributed by atoms with E-state index in [0.717, 1.165) is 5.56 Å². The van der Waals surface area contributed by atoms with Gasteiger partial charge in [-0.05, 0) is 12.0 Å². The molecule has 2 fully saturated rings. The van der Waals surface area contributed by atoms with Crippen LogP contribution < -0.4 is 0 Å². The van der Waals surface area contributed by atoms with Crippen LogP contribution in [0.2, 0.25) is 0 Å². The molecule has 6 nitrogen and oxygen atoms in total. The summed E-state index contributed by atoms with van der Waals surface area (Å²) in [5.74, 6) is -0.836. The molecule has 0 aromatic heterocycles. The van der Waals surface area contributed by atoms with Crippen LogP contribution in [0.5, 0.6) is 0 Å². The Kier molecular flexibility index (Phi) is 4.07. The predicted octanol–water partition coefficient (Wildman–Crippen LogP) is 1.79. The minimum atomic E-state index is -0.425. The molecule has 6 heteroatoms. The van der Waals surface area contributed by atoms with E-state index in [1.54, 1.807) is 11.8 Å². The molecule has 2 heterocycles. The first-order chi connectivity index (χ1) is 11.0. The van der Waals surface area contributed by atoms with Crippen molar-refractivity contribution in [2.45, 2.75) is 39.0 Å². The zero-order valence-electron chi connectivity index (χ0n) is 13.3. The second kappa shape index (κ2) is 6.02. The molecule has 0 aliphatic carbocycles. The van der Waals surface area contributed by atoms with Crippen LogP contribution >= 0.6 is 0 Å². The van der Waals surface area contributed by atoms with E-state index in [1.165, 1.54) is 11.8 Å². The summed E-state index contributed by atoms with van der Waals surface area (Å²) in [6, 6.07) is 8.94. The maximum atomic E-state index is 12.4. The Bertz CT molecular complexity index is 631. The summed E-state index contributed by atoms with van der Waals surface area (Å²) in [5.41, 5.74) is 0.914. The van der Waals surface area contributed by atoms with E-state index in [9.17, 15) is 14.4 Å². The second-order valence-electron chi connectivity index (χ2n) is 6.10. The zero-order chi connectivity index (χ0) is 16.6. The molecule has 3 amide bonds. The number of carbonyl (C=O) groups is 3. The van der Waals surface area contributed by atoms with Crippen molar-refractivity contribution in [3.8, 4) is 0 Å². The van der Waals surface area contributed by atoms with Crippen molar-refractivity contribution in [3.63, 3.8) is 0 Å². The molecule has 1 aromatic carbocycles. The molecule has 0 spiro atoms. The Morgan fingerprint density at radius 3 is 2.61 bits per heavy atom. The minimum Gasteiger partial charge on any atom is -0.445 e. The molecule has 3 rings (SSSR count). The van der Waals surface area contributed by atoms with Gasteiger partial charge in [0.15, 0.2) is 0 Å². The van der Waals surface area contributed by atoms with E-state index in [-0.39, 0.29) is 36.4 Å². The molecule has 0 N–H and O–H groups in total. The number of likely N-dealkylation sites (tertiary alicyclic amines) is 2. The van der Waals surface area contributed by atoms with E-state index < -0.39 is 6.09 Å². The smallest absolute Gasteiger partial charge is 0.410 e. The fourth-order valence-electron chi connectivity index (χ4n) is 3.62. The van der Waals surface area contributed by atoms with Gasteiger partial charge in [0.1, 0.15) is 6.61 Å². The number of amides is 3. The number of carbonyl (C=O) groups excluding carboxylic acids is 3. The molecule has 0 saturated carbocycles. The molecule has 0 unspecified atom stereocenters. The highest BCUT2D eigenvalue weighted by atomic mass is 16.6. The average molecular weight is 316 g/mol. The fourth-order valence-corrected chi connectivity index (χ4v) is 3.62. The normalized spacial score (nSPS) is 26.3. The Morgan fingerprint density at radius 1 is 1.26 bits per heavy atom. The number of benzene rings is 1. The summed E-state index contributed by atoms with van der Waals surface area (Å²) in [5, 5.41) is 0. The summed E-state index contributed by atoms with van der Waals surface area (Å²) in [7, 11) is 0. The lowest BCUT2D eigenvalue weighted by Crippen LogP contribution is -2.42. The van der Waals surface area contributed by atoms with Gasteiger partial charge in [-0.3, -0.25) is 14.5 Å². The van der Waals surface area contributed by atoms with Gasteiger partial charge in [0.2, 0.25) is 11.8 Å². The largest absolute Gasteiger partial charge is 0.445 e. The minimum absolute atomic E-state index is 0.201. The monoisotopic (exact) mass is 316 g/mol. The average Bonchev–Trinajstić information content (AvgIpc) is 3.06. The molecule has 2 aliphatic heterocycles. The third-order valence-electron chi connectivity index (χ3n) is 4.67. The van der Waals surface area contributed by atoms with E-state index in [1.807, 2.05) is 30.3 Å². The van der Waals surface area contributed by atoms with Gasteiger partial charge in [0.05, 0.1) is 18.0 Å². The molecule has 2 aliphatic rings. The Balaban J connectivity index is 1.68. The second-order valence-corrected chi connectivity index (χ2v) is 6.10. The van der Waals surface area contributed by atoms with Crippen LogP contribution in [-0.2, 0) is 20.9 Å². The molecule has 23 heavy (non-hydrogen) atoms. The van der Waals surface area contributed by atoms with Gasteiger partial charge >= 0.3 is 6.09 Å². The van der Waals surface area contributed by atoms with Crippen molar-refractivity contribution >= 4 is 17.9 Å². The molecule has 0 bridgehead atoms. The first kappa shape index (κ1) is 15.5. The number of rotatable bonds is 2. The van der Waals surface area contributed by atoms with Crippen LogP contribution in [0.15, 0.2) is 30.3 Å². The standard InChI is InChI=1S/C17H20N2O4/c1-11-15-14(19(12(2)20)16(11)21)8-9-18(15)17(22)23-10-13-6-4-3-5-7-13/h3-7,11,14-15H,8-10H2,1-2H3/t11-,14-,15+/m0/s1. The predicted molar refractivity (Wildman–Crippen MR) is 82.2 cm³/mol. The lowest BCUT2D eigenvalue weighted by molar-refractivity contribution is -0.143. The Morgan fingerprint density at radius 2 is 1.96 bits per heavy atom. The topological polar surface area (TPSA) is 66.9 Å². The first-order valence-corrected chi connectivity index (χ1v) is 7.81. The van der Waals surface area contributed by atoms with Crippen LogP contribution in [0.1, 0.15) is 25.8 Å². The molecular weight excluding hydrogens is 296 g/mol. The van der Waals surface area contributed by atoms with Crippen LogP contribution in [0.4, 0.5) is 4.79 Å². The lowest BCUT2D eigenvalue weighted by Gasteiger charge is -2.25. The van der Waals surface area contributed by atoms with Crippen LogP contribution in [-0.4, -0.2) is 46.3 Å². The van der Waals surface area contributed by atoms with Gasteiger partial charge in [0.25, 0.3) is 0 Å². The van der Waals surface area contributed by atoms with E-state index in [0.29, 0.717) is 13.0 Å². The van der Waals surface area contributed by atoms with Crippen molar-refractivity contribution in [3.05, 3.63) is 35.9 Å². The third kappa shape index (κ3) is 2.69. The molecule has 122 valence electrons. The zero-order valence-corrected chi connectivity index (χ0v) is 13.3. The summed E-state index contributed by atoms with van der Waals surface area (Å²) >= 11 is 0. The van der Waals surface area contributed by atoms with E-state index >= 15 is 0 Å². The molecule has 3 atom stereocenters. The van der Waals surface area contributed by atoms with Gasteiger partial charge in [-0.25, -0.2) is 4.79 Å². The molecule has 0 radical (unpaired) electrons. The highest BCUT2D eigenvalue weighted by Gasteiger charge is 2.54. The number of hydrogen-bond acceptors (Lipinski definition) is 4. The summed E-state index contributed by atoms with van der Waals surface area (Å²) in [4.78, 5) is 39.2. The van der Waals surface area contributed by atoms with Crippen molar-refractivity contribution in [2.24, 2.45) is 5.92 Å². The fraction of sp³-hybridized carbons (Fsp3) is 0.471. The first-order valence-electron chi connectivity index (χ1n) is 7.81. The van der Waals surface area contributed by atoms with Crippen LogP contribution in [0.25, 0.3) is 0 Å². The number of nitrogens with zero attached hydrogens (tertiary/aromatic N) is 2. The Hall–Kier alpha value is -2.37. The van der Waals surface area contributed by atoms with Crippen LogP contribution in [0.3, 0.4) is 0 Å². The summed E-state index contributed by atoms with van der Waals surface area (Å²) in [6.07, 6.45) is 0.187. The van der Waals surface area contributed by atoms with Crippen molar-refractivity contribution < 1.29 is 19.1 Å². The summed E-state index contributed by atoms with van der Waals surface area (Å²) in [6.45, 7) is 3.87. The van der Waals surface area contributed by atoms with Gasteiger partial charge in [-0.15, -0.1) is 0 Å². The Labute approximate surface area is 135 Å². The van der Waals surface area contributed by atoms with Gasteiger partial charge < -0.3 is 9.64 Å². The highest BCUT2D eigenvalue weighted by molar-refractivity contribution is 5.98. The molecule has 1 aromatic rings. The SMILES string of the molecule is CC(=O)N1C(=O)[C@@H](C)[C@@H]2[C@@H]1CCN2C(=O)OCc1ccccc1. The van der Waals surface area contributed by atoms with Gasteiger partial charge in [0, 0.05) is 13.5 Å². The number of ether oxygens (including phenoxy) is 1. The lowest BCUT2D eigenvalue weighted by atomic mass is 10.0. The van der Waals surface area contributed by atoms with Gasteiger partial charge in [-0.2, -0.15) is 0 Å². The van der Waals surface area contributed by atoms with Crippen LogP contribution in [0, 0.1) is 5.92 Å². The van der Waals surface area contributed by atoms with Gasteiger partial charge in [-0.1, -0.05) is 37.3 Å². The summed E-state index contributed by atoms with van der Waals surface area (Å²) < 4.78 is 5.37. The van der Waals surface area contributed by atoms with Crippen molar-refractivity contribution in [1.82, 2.24) is 9.80 Å². The highest BCUT2D eigenvalue weighted by Crippen LogP contribution is 2.36. The van der Waals surface area contributed by atoms with Crippen molar-refractivity contribution in [1.29, 1.82) is 0 Å². The van der Waals surface area contributed by atoms with Crippen molar-refractivity contribution in [2.75, 3.05) is 6.54 Å². The van der Waals surface area contributed by atoms with E-state index in [2.05, 4.69) is 0 Å². The quantitative estimate of drug-likeness (QED) is 0.834. The molecular formula is C17H20N2O4. The third-order valence-corrected chi connectivity index (χ3v) is 4.67. The van der Waals surface area contributed by atoms with E-state index in [4.69, 9.17) is 4.74 Å². The molecule has 2 saturated heterocycles. The maximum Gasteiger partial charge on any atom is 0.410 e. The number of imide groups is 1. The number of hydrogen-bond donors (Lipinski definition) is 0.